The Morgan fingerprint density at radius 3 is 2.62 bits per heavy atom. The summed E-state index contributed by atoms with van der Waals surface area (Å²) in [5.74, 6) is 1.10. The Hall–Kier alpha value is -3.34. The van der Waals surface area contributed by atoms with E-state index in [1.54, 1.807) is 13.0 Å². The van der Waals surface area contributed by atoms with E-state index in [1.165, 1.54) is 5.56 Å². The largest absolute Gasteiger partial charge is 0.491 e. The molecule has 1 N–H and O–H groups in total. The normalized spacial score (nSPS) is 13.1. The first-order valence-electron chi connectivity index (χ1n) is 9.86. The zero-order valence-corrected chi connectivity index (χ0v) is 16.4. The molecule has 0 aliphatic heterocycles. The Morgan fingerprint density at radius 1 is 1.07 bits per heavy atom. The number of para-hydroxylation sites is 2. The minimum absolute atomic E-state index is 0.0520. The van der Waals surface area contributed by atoms with Crippen molar-refractivity contribution < 1.29 is 18.7 Å². The molecule has 0 fully saturated rings. The third-order valence-corrected chi connectivity index (χ3v) is 5.14. The summed E-state index contributed by atoms with van der Waals surface area (Å²) >= 11 is 0. The number of benzene rings is 2. The summed E-state index contributed by atoms with van der Waals surface area (Å²) in [6.45, 7) is 2.27. The van der Waals surface area contributed by atoms with Crippen molar-refractivity contribution in [1.82, 2.24) is 0 Å². The Kier molecular flexibility index (Phi) is 5.47. The maximum atomic E-state index is 12.8. The van der Waals surface area contributed by atoms with Crippen molar-refractivity contribution >= 4 is 17.4 Å². The number of carbonyl (C=O) groups is 2. The molecule has 2 aromatic carbocycles. The molecule has 3 aromatic rings. The fourth-order valence-corrected chi connectivity index (χ4v) is 3.66. The minimum atomic E-state index is -0.371. The fraction of sp³-hybridized carbons (Fsp3) is 0.250. The van der Waals surface area contributed by atoms with Crippen LogP contribution in [0.1, 0.15) is 50.6 Å². The van der Waals surface area contributed by atoms with Gasteiger partial charge in [-0.2, -0.15) is 0 Å². The predicted molar refractivity (Wildman–Crippen MR) is 111 cm³/mol. The quantitative estimate of drug-likeness (QED) is 0.645. The van der Waals surface area contributed by atoms with Crippen LogP contribution in [0.2, 0.25) is 0 Å². The van der Waals surface area contributed by atoms with Gasteiger partial charge in [0.1, 0.15) is 11.5 Å². The molecule has 4 rings (SSSR count). The SMILES string of the molecule is Cc1c(C(=O)Nc2ccccc2OCCc2ccccc2)oc2c1C(=O)CCC2. The second-order valence-corrected chi connectivity index (χ2v) is 7.17. The summed E-state index contributed by atoms with van der Waals surface area (Å²) in [6.07, 6.45) is 2.73. The molecular formula is C24H23NO4. The van der Waals surface area contributed by atoms with Gasteiger partial charge in [0.15, 0.2) is 11.5 Å². The lowest BCUT2D eigenvalue weighted by atomic mass is 9.94. The van der Waals surface area contributed by atoms with E-state index < -0.39 is 0 Å². The van der Waals surface area contributed by atoms with Crippen LogP contribution in [0.5, 0.6) is 5.75 Å². The van der Waals surface area contributed by atoms with Gasteiger partial charge in [-0.3, -0.25) is 9.59 Å². The molecule has 0 saturated carbocycles. The van der Waals surface area contributed by atoms with Gasteiger partial charge in [0, 0.05) is 24.8 Å². The molecule has 29 heavy (non-hydrogen) atoms. The zero-order valence-electron chi connectivity index (χ0n) is 16.4. The molecule has 1 aliphatic carbocycles. The molecule has 0 atom stereocenters. The molecule has 148 valence electrons. The van der Waals surface area contributed by atoms with Gasteiger partial charge >= 0.3 is 0 Å². The Morgan fingerprint density at radius 2 is 1.83 bits per heavy atom. The highest BCUT2D eigenvalue weighted by atomic mass is 16.5. The van der Waals surface area contributed by atoms with E-state index in [1.807, 2.05) is 36.4 Å². The Labute approximate surface area is 169 Å². The number of anilines is 1. The summed E-state index contributed by atoms with van der Waals surface area (Å²) in [4.78, 5) is 25.0. The Balaban J connectivity index is 1.47. The third kappa shape index (κ3) is 4.09. The van der Waals surface area contributed by atoms with E-state index in [9.17, 15) is 9.59 Å². The molecule has 0 spiro atoms. The number of ketones is 1. The zero-order chi connectivity index (χ0) is 20.2. The van der Waals surface area contributed by atoms with Gasteiger partial charge in [0.05, 0.1) is 17.9 Å². The van der Waals surface area contributed by atoms with E-state index in [2.05, 4.69) is 17.4 Å². The highest BCUT2D eigenvalue weighted by molar-refractivity contribution is 6.08. The second kappa shape index (κ2) is 8.35. The number of carbonyl (C=O) groups excluding carboxylic acids is 2. The summed E-state index contributed by atoms with van der Waals surface area (Å²) < 4.78 is 11.7. The molecule has 0 radical (unpaired) electrons. The average Bonchev–Trinajstić information content (AvgIpc) is 3.08. The topological polar surface area (TPSA) is 68.5 Å². The van der Waals surface area contributed by atoms with Crippen LogP contribution in [0, 0.1) is 6.92 Å². The van der Waals surface area contributed by atoms with Crippen molar-refractivity contribution in [1.29, 1.82) is 0 Å². The number of hydrogen-bond acceptors (Lipinski definition) is 4. The molecule has 0 unspecified atom stereocenters. The van der Waals surface area contributed by atoms with Crippen molar-refractivity contribution in [2.45, 2.75) is 32.6 Å². The van der Waals surface area contributed by atoms with Crippen LogP contribution in [-0.2, 0) is 12.8 Å². The highest BCUT2D eigenvalue weighted by Gasteiger charge is 2.29. The van der Waals surface area contributed by atoms with Gasteiger partial charge in [-0.15, -0.1) is 0 Å². The van der Waals surface area contributed by atoms with Crippen LogP contribution < -0.4 is 10.1 Å². The molecule has 0 bridgehead atoms. The van der Waals surface area contributed by atoms with Gasteiger partial charge in [-0.25, -0.2) is 0 Å². The molecular weight excluding hydrogens is 366 g/mol. The minimum Gasteiger partial charge on any atom is -0.491 e. The molecule has 0 saturated heterocycles. The number of ether oxygens (including phenoxy) is 1. The predicted octanol–water partition coefficient (Wildman–Crippen LogP) is 4.98. The number of rotatable bonds is 6. The monoisotopic (exact) mass is 389 g/mol. The number of fused-ring (bicyclic) bond motifs is 1. The van der Waals surface area contributed by atoms with Crippen LogP contribution in [0.4, 0.5) is 5.69 Å². The van der Waals surface area contributed by atoms with Crippen LogP contribution in [0.3, 0.4) is 0 Å². The summed E-state index contributed by atoms with van der Waals surface area (Å²) in [5, 5.41) is 2.87. The van der Waals surface area contributed by atoms with Crippen molar-refractivity contribution in [3.63, 3.8) is 0 Å². The average molecular weight is 389 g/mol. The lowest BCUT2D eigenvalue weighted by molar-refractivity contribution is 0.0963. The molecule has 1 aliphatic rings. The molecule has 5 nitrogen and oxygen atoms in total. The van der Waals surface area contributed by atoms with Gasteiger partial charge < -0.3 is 14.5 Å². The number of nitrogens with one attached hydrogen (secondary N) is 1. The molecule has 1 aromatic heterocycles. The standard InChI is InChI=1S/C24H23NO4/c1-16-22-19(26)11-7-13-21(22)29-23(16)24(27)25-18-10-5-6-12-20(18)28-15-14-17-8-3-2-4-9-17/h2-6,8-10,12H,7,11,13-15H2,1H3,(H,25,27). The molecule has 5 heteroatoms. The van der Waals surface area contributed by atoms with E-state index in [0.717, 1.165) is 12.8 Å². The van der Waals surface area contributed by atoms with Crippen LogP contribution >= 0.6 is 0 Å². The summed E-state index contributed by atoms with van der Waals surface area (Å²) in [6, 6.07) is 17.4. The first kappa shape index (κ1) is 19.0. The van der Waals surface area contributed by atoms with Gasteiger partial charge in [-0.05, 0) is 31.0 Å². The van der Waals surface area contributed by atoms with Gasteiger partial charge in [0.2, 0.25) is 0 Å². The van der Waals surface area contributed by atoms with Crippen molar-refractivity contribution in [2.75, 3.05) is 11.9 Å². The lowest BCUT2D eigenvalue weighted by Gasteiger charge is -2.12. The van der Waals surface area contributed by atoms with E-state index >= 15 is 0 Å². The maximum Gasteiger partial charge on any atom is 0.291 e. The number of aryl methyl sites for hydroxylation is 1. The third-order valence-electron chi connectivity index (χ3n) is 5.14. The van der Waals surface area contributed by atoms with Gasteiger partial charge in [-0.1, -0.05) is 42.5 Å². The number of Topliss-reactive ketones (excluding diaryl/α,β-unsaturated/α-hetero) is 1. The van der Waals surface area contributed by atoms with Crippen molar-refractivity contribution in [2.24, 2.45) is 0 Å². The maximum absolute atomic E-state index is 12.8. The smallest absolute Gasteiger partial charge is 0.291 e. The van der Waals surface area contributed by atoms with Crippen LogP contribution in [-0.4, -0.2) is 18.3 Å². The number of amides is 1. The molecule has 1 amide bonds. The molecule has 1 heterocycles. The second-order valence-electron chi connectivity index (χ2n) is 7.17. The van der Waals surface area contributed by atoms with E-state index in [0.29, 0.717) is 47.8 Å². The lowest BCUT2D eigenvalue weighted by Crippen LogP contribution is -2.14. The fourth-order valence-electron chi connectivity index (χ4n) is 3.66. The van der Waals surface area contributed by atoms with Crippen LogP contribution in [0.15, 0.2) is 59.0 Å². The van der Waals surface area contributed by atoms with Crippen LogP contribution in [0.25, 0.3) is 0 Å². The van der Waals surface area contributed by atoms with Crippen molar-refractivity contribution in [3.05, 3.63) is 82.8 Å². The number of furan rings is 1. The number of hydrogen-bond donors (Lipinski definition) is 1. The summed E-state index contributed by atoms with van der Waals surface area (Å²) in [7, 11) is 0. The van der Waals surface area contributed by atoms with Crippen molar-refractivity contribution in [3.8, 4) is 5.75 Å². The highest BCUT2D eigenvalue weighted by Crippen LogP contribution is 2.31. The van der Waals surface area contributed by atoms with E-state index in [-0.39, 0.29) is 17.5 Å². The van der Waals surface area contributed by atoms with Gasteiger partial charge in [0.25, 0.3) is 5.91 Å². The first-order valence-corrected chi connectivity index (χ1v) is 9.86. The summed E-state index contributed by atoms with van der Waals surface area (Å²) in [5.41, 5.74) is 2.96. The Bertz CT molecular complexity index is 1040. The van der Waals surface area contributed by atoms with E-state index in [4.69, 9.17) is 9.15 Å². The first-order chi connectivity index (χ1) is 14.1.